The first-order valence-corrected chi connectivity index (χ1v) is 5.36. The molecule has 2 N–H and O–H groups in total. The lowest BCUT2D eigenvalue weighted by Crippen LogP contribution is -2.40. The van der Waals surface area contributed by atoms with Crippen LogP contribution in [0.2, 0.25) is 0 Å². The van der Waals surface area contributed by atoms with E-state index in [4.69, 9.17) is 5.11 Å². The van der Waals surface area contributed by atoms with Crippen LogP contribution in [0.25, 0.3) is 0 Å². The molecule has 17 heavy (non-hydrogen) atoms. The van der Waals surface area contributed by atoms with E-state index in [9.17, 15) is 9.59 Å². The first-order valence-electron chi connectivity index (χ1n) is 5.36. The molecule has 2 unspecified atom stereocenters. The van der Waals surface area contributed by atoms with E-state index in [1.165, 1.54) is 6.08 Å². The van der Waals surface area contributed by atoms with Crippen molar-refractivity contribution in [3.05, 3.63) is 42.0 Å². The van der Waals surface area contributed by atoms with E-state index in [2.05, 4.69) is 5.32 Å². The van der Waals surface area contributed by atoms with Gasteiger partial charge in [0.15, 0.2) is 0 Å². The van der Waals surface area contributed by atoms with E-state index >= 15 is 0 Å². The molecule has 0 saturated carbocycles. The van der Waals surface area contributed by atoms with Gasteiger partial charge in [-0.3, -0.25) is 10.1 Å². The molecule has 0 saturated heterocycles. The van der Waals surface area contributed by atoms with E-state index in [0.29, 0.717) is 6.54 Å². The van der Waals surface area contributed by atoms with Crippen LogP contribution in [0, 0.1) is 5.92 Å². The van der Waals surface area contributed by atoms with Gasteiger partial charge >= 0.3 is 5.97 Å². The molecule has 0 radical (unpaired) electrons. The number of carboxylic acid groups (broad SMARTS) is 1. The SMILES string of the molecule is CC(C=C=O)C(NCc1ccccc1)C(=O)O. The molecule has 0 spiro atoms. The van der Waals surface area contributed by atoms with Crippen LogP contribution in [-0.4, -0.2) is 23.1 Å². The largest absolute Gasteiger partial charge is 0.480 e. The second-order valence-corrected chi connectivity index (χ2v) is 3.83. The van der Waals surface area contributed by atoms with Crippen LogP contribution < -0.4 is 5.32 Å². The fraction of sp³-hybridized carbons (Fsp3) is 0.308. The molecule has 4 nitrogen and oxygen atoms in total. The number of carbonyl (C=O) groups is 1. The maximum Gasteiger partial charge on any atom is 0.321 e. The van der Waals surface area contributed by atoms with Crippen LogP contribution in [0.4, 0.5) is 0 Å². The monoisotopic (exact) mass is 233 g/mol. The Morgan fingerprint density at radius 1 is 1.47 bits per heavy atom. The molecule has 2 atom stereocenters. The molecule has 1 aromatic carbocycles. The molecule has 0 aliphatic carbocycles. The van der Waals surface area contributed by atoms with Crippen molar-refractivity contribution in [1.82, 2.24) is 5.32 Å². The molecule has 0 aromatic heterocycles. The summed E-state index contributed by atoms with van der Waals surface area (Å²) in [5.74, 6) is 0.256. The van der Waals surface area contributed by atoms with Crippen molar-refractivity contribution in [1.29, 1.82) is 0 Å². The minimum absolute atomic E-state index is 0.395. The van der Waals surface area contributed by atoms with Crippen LogP contribution in [0.3, 0.4) is 0 Å². The summed E-state index contributed by atoms with van der Waals surface area (Å²) in [6.45, 7) is 2.12. The van der Waals surface area contributed by atoms with Crippen molar-refractivity contribution in [3.8, 4) is 0 Å². The van der Waals surface area contributed by atoms with Crippen molar-refractivity contribution in [2.24, 2.45) is 5.92 Å². The third kappa shape index (κ3) is 4.23. The van der Waals surface area contributed by atoms with Crippen molar-refractivity contribution >= 4 is 11.9 Å². The van der Waals surface area contributed by atoms with Crippen LogP contribution in [0.15, 0.2) is 36.4 Å². The van der Waals surface area contributed by atoms with Gasteiger partial charge < -0.3 is 5.11 Å². The number of aliphatic carboxylic acids is 1. The summed E-state index contributed by atoms with van der Waals surface area (Å²) >= 11 is 0. The molecular weight excluding hydrogens is 218 g/mol. The summed E-state index contributed by atoms with van der Waals surface area (Å²) in [4.78, 5) is 21.2. The molecule has 0 amide bonds. The molecule has 0 heterocycles. The first-order chi connectivity index (χ1) is 8.15. The second kappa shape index (κ2) is 6.63. The Bertz CT molecular complexity index is 410. The van der Waals surface area contributed by atoms with E-state index in [0.717, 1.165) is 5.56 Å². The predicted octanol–water partition coefficient (Wildman–Crippen LogP) is 1.25. The van der Waals surface area contributed by atoms with E-state index in [-0.39, 0.29) is 0 Å². The predicted molar refractivity (Wildman–Crippen MR) is 64.1 cm³/mol. The average molecular weight is 233 g/mol. The summed E-state index contributed by atoms with van der Waals surface area (Å²) in [5, 5.41) is 11.9. The van der Waals surface area contributed by atoms with Crippen molar-refractivity contribution < 1.29 is 14.7 Å². The van der Waals surface area contributed by atoms with Gasteiger partial charge in [0.1, 0.15) is 12.0 Å². The second-order valence-electron chi connectivity index (χ2n) is 3.83. The lowest BCUT2D eigenvalue weighted by atomic mass is 10.0. The summed E-state index contributed by atoms with van der Waals surface area (Å²) in [7, 11) is 0. The molecule has 4 heteroatoms. The summed E-state index contributed by atoms with van der Waals surface area (Å²) in [5.41, 5.74) is 1.00. The molecular formula is C13H15NO3. The highest BCUT2D eigenvalue weighted by molar-refractivity contribution is 5.74. The molecule has 90 valence electrons. The van der Waals surface area contributed by atoms with Crippen molar-refractivity contribution in [3.63, 3.8) is 0 Å². The number of benzene rings is 1. The Morgan fingerprint density at radius 2 is 2.12 bits per heavy atom. The van der Waals surface area contributed by atoms with Gasteiger partial charge in [0.05, 0.1) is 0 Å². The Kier molecular flexibility index (Phi) is 5.14. The highest BCUT2D eigenvalue weighted by Crippen LogP contribution is 2.06. The number of nitrogens with one attached hydrogen (secondary N) is 1. The highest BCUT2D eigenvalue weighted by atomic mass is 16.4. The van der Waals surface area contributed by atoms with Gasteiger partial charge in [0.2, 0.25) is 0 Å². The fourth-order valence-corrected chi connectivity index (χ4v) is 1.53. The smallest absolute Gasteiger partial charge is 0.321 e. The van der Waals surface area contributed by atoms with E-state index < -0.39 is 17.9 Å². The topological polar surface area (TPSA) is 66.4 Å². The van der Waals surface area contributed by atoms with Crippen molar-refractivity contribution in [2.45, 2.75) is 19.5 Å². The number of carboxylic acids is 1. The minimum Gasteiger partial charge on any atom is -0.480 e. The molecule has 0 aliphatic rings. The van der Waals surface area contributed by atoms with Crippen molar-refractivity contribution in [2.75, 3.05) is 0 Å². The molecule has 0 aliphatic heterocycles. The van der Waals surface area contributed by atoms with Gasteiger partial charge in [-0.15, -0.1) is 0 Å². The lowest BCUT2D eigenvalue weighted by Gasteiger charge is -2.17. The zero-order valence-electron chi connectivity index (χ0n) is 9.59. The quantitative estimate of drug-likeness (QED) is 0.726. The lowest BCUT2D eigenvalue weighted by molar-refractivity contribution is -0.140. The number of hydrogen-bond acceptors (Lipinski definition) is 3. The maximum absolute atomic E-state index is 11.0. The average Bonchev–Trinajstić information content (AvgIpc) is 2.30. The first kappa shape index (κ1) is 13.2. The van der Waals surface area contributed by atoms with Crippen LogP contribution >= 0.6 is 0 Å². The summed E-state index contributed by atoms with van der Waals surface area (Å²) < 4.78 is 0. The van der Waals surface area contributed by atoms with Crippen LogP contribution in [-0.2, 0) is 16.1 Å². The normalized spacial score (nSPS) is 13.5. The maximum atomic E-state index is 11.0. The Labute approximate surface area is 100.0 Å². The number of hydrogen-bond donors (Lipinski definition) is 2. The van der Waals surface area contributed by atoms with E-state index in [1.807, 2.05) is 30.3 Å². The highest BCUT2D eigenvalue weighted by Gasteiger charge is 2.22. The summed E-state index contributed by atoms with van der Waals surface area (Å²) in [6, 6.07) is 8.72. The van der Waals surface area contributed by atoms with Gasteiger partial charge in [-0.2, -0.15) is 0 Å². The van der Waals surface area contributed by atoms with Crippen LogP contribution in [0.5, 0.6) is 0 Å². The number of carbonyl (C=O) groups excluding carboxylic acids is 1. The third-order valence-corrected chi connectivity index (χ3v) is 2.49. The Hall–Kier alpha value is -1.90. The number of rotatable bonds is 6. The minimum atomic E-state index is -0.972. The molecule has 0 bridgehead atoms. The van der Waals surface area contributed by atoms with Gasteiger partial charge in [-0.05, 0) is 5.56 Å². The van der Waals surface area contributed by atoms with Gasteiger partial charge in [0.25, 0.3) is 0 Å². The van der Waals surface area contributed by atoms with Crippen LogP contribution in [0.1, 0.15) is 12.5 Å². The van der Waals surface area contributed by atoms with Gasteiger partial charge in [-0.25, -0.2) is 4.79 Å². The standard InChI is InChI=1S/C13H15NO3/c1-10(7-8-15)12(13(16)17)14-9-11-5-3-2-4-6-11/h2-7,10,12,14H,9H2,1H3,(H,16,17). The third-order valence-electron chi connectivity index (χ3n) is 2.49. The zero-order valence-corrected chi connectivity index (χ0v) is 9.59. The van der Waals surface area contributed by atoms with Gasteiger partial charge in [-0.1, -0.05) is 37.3 Å². The summed E-state index contributed by atoms with van der Waals surface area (Å²) in [6.07, 6.45) is 1.22. The van der Waals surface area contributed by atoms with E-state index in [1.54, 1.807) is 12.9 Å². The Balaban J connectivity index is 2.62. The molecule has 0 fully saturated rings. The fourth-order valence-electron chi connectivity index (χ4n) is 1.53. The molecule has 1 rings (SSSR count). The molecule has 1 aromatic rings. The Morgan fingerprint density at radius 3 is 2.65 bits per heavy atom. The van der Waals surface area contributed by atoms with Gasteiger partial charge in [0, 0.05) is 18.5 Å². The zero-order chi connectivity index (χ0) is 12.7.